The van der Waals surface area contributed by atoms with Gasteiger partial charge in [0.25, 0.3) is 0 Å². The lowest BCUT2D eigenvalue weighted by molar-refractivity contribution is -0.303. The Morgan fingerprint density at radius 2 is 0.753 bits per heavy atom. The maximum atomic E-state index is 13.2. The molecular weight excluding hydrogens is 967 g/mol. The molecule has 9 atom stereocenters. The summed E-state index contributed by atoms with van der Waals surface area (Å²) in [5, 5.41) is 76.4. The predicted octanol–water partition coefficient (Wildman–Crippen LogP) is 15.5. The van der Waals surface area contributed by atoms with Gasteiger partial charge in [-0.05, 0) is 38.5 Å². The Morgan fingerprint density at radius 1 is 0.442 bits per heavy atom. The molecule has 0 aromatic heterocycles. The van der Waals surface area contributed by atoms with E-state index in [9.17, 15) is 40.5 Å². The minimum atomic E-state index is -1.66. The predicted molar refractivity (Wildman–Crippen MR) is 321 cm³/mol. The standard InChI is InChI=1S/C66H129NO10/c1-3-5-7-9-11-13-15-17-19-21-23-24-25-26-27-28-29-30-31-32-33-34-35-36-38-39-41-43-45-47-49-51-53-58(69)61(71)57(56-76-66-64(74)63(73)62(72)60(55-68)77-66)67-65(75)59(70)54-52-50-48-46-44-42-40-37-22-20-18-16-14-12-10-8-6-4-2/h22,37,57-64,66,68-74H,3-21,23-36,38-56H2,1-2H3,(H,67,75)/b37-22-. The van der Waals surface area contributed by atoms with E-state index in [0.29, 0.717) is 19.3 Å². The third-order valence-corrected chi connectivity index (χ3v) is 16.6. The monoisotopic (exact) mass is 1100 g/mol. The lowest BCUT2D eigenvalue weighted by Gasteiger charge is -2.40. The van der Waals surface area contributed by atoms with Gasteiger partial charge >= 0.3 is 0 Å². The summed E-state index contributed by atoms with van der Waals surface area (Å²) >= 11 is 0. The number of unbranched alkanes of at least 4 members (excludes halogenated alkanes) is 45. The van der Waals surface area contributed by atoms with Crippen molar-refractivity contribution >= 4 is 5.91 Å². The number of hydrogen-bond acceptors (Lipinski definition) is 10. The Labute approximate surface area is 474 Å². The summed E-state index contributed by atoms with van der Waals surface area (Å²) in [6.45, 7) is 3.50. The van der Waals surface area contributed by atoms with Gasteiger partial charge < -0.3 is 50.5 Å². The van der Waals surface area contributed by atoms with Gasteiger partial charge in [-0.15, -0.1) is 0 Å². The van der Waals surface area contributed by atoms with Crippen LogP contribution in [-0.2, 0) is 14.3 Å². The number of carbonyl (C=O) groups is 1. The van der Waals surface area contributed by atoms with Crippen LogP contribution in [0, 0.1) is 0 Å². The van der Waals surface area contributed by atoms with Crippen molar-refractivity contribution in [2.75, 3.05) is 13.2 Å². The highest BCUT2D eigenvalue weighted by Gasteiger charge is 2.44. The molecule has 0 aromatic rings. The van der Waals surface area contributed by atoms with Crippen molar-refractivity contribution in [2.24, 2.45) is 0 Å². The number of carbonyl (C=O) groups excluding carboxylic acids is 1. The zero-order valence-corrected chi connectivity index (χ0v) is 50.5. The van der Waals surface area contributed by atoms with E-state index in [1.54, 1.807) is 0 Å². The second-order valence-corrected chi connectivity index (χ2v) is 23.9. The van der Waals surface area contributed by atoms with Gasteiger partial charge in [0, 0.05) is 0 Å². The average Bonchev–Trinajstić information content (AvgIpc) is 3.43. The smallest absolute Gasteiger partial charge is 0.249 e. The van der Waals surface area contributed by atoms with Gasteiger partial charge in [-0.2, -0.15) is 0 Å². The van der Waals surface area contributed by atoms with Crippen molar-refractivity contribution in [3.63, 3.8) is 0 Å². The maximum absolute atomic E-state index is 13.2. The summed E-state index contributed by atoms with van der Waals surface area (Å²) in [7, 11) is 0. The summed E-state index contributed by atoms with van der Waals surface area (Å²) in [6, 6.07) is -1.17. The molecule has 1 heterocycles. The topological polar surface area (TPSA) is 189 Å². The highest BCUT2D eigenvalue weighted by atomic mass is 16.7. The first kappa shape index (κ1) is 73.9. The van der Waals surface area contributed by atoms with Crippen molar-refractivity contribution in [2.45, 2.75) is 390 Å². The number of rotatable bonds is 59. The number of nitrogens with one attached hydrogen (secondary N) is 1. The SMILES string of the molecule is CCCCCCCCCC/C=C\CCCCCCCCC(O)C(=O)NC(COC1OC(CO)C(O)C(O)C1O)C(O)C(O)CCCCCCCCCCCCCCCCCCCCCCCCCCCCCCCCCC. The highest BCUT2D eigenvalue weighted by Crippen LogP contribution is 2.24. The van der Waals surface area contributed by atoms with E-state index in [-0.39, 0.29) is 6.42 Å². The van der Waals surface area contributed by atoms with E-state index >= 15 is 0 Å². The first-order valence-electron chi connectivity index (χ1n) is 33.6. The quantitative estimate of drug-likeness (QED) is 0.0215. The van der Waals surface area contributed by atoms with Crippen LogP contribution in [0.15, 0.2) is 12.2 Å². The molecule has 0 aliphatic carbocycles. The molecule has 0 radical (unpaired) electrons. The molecule has 1 rings (SSSR count). The van der Waals surface area contributed by atoms with Crippen molar-refractivity contribution in [1.29, 1.82) is 0 Å². The molecule has 0 bridgehead atoms. The highest BCUT2D eigenvalue weighted by molar-refractivity contribution is 5.80. The Kier molecular flexibility index (Phi) is 53.1. The molecule has 11 nitrogen and oxygen atoms in total. The number of ether oxygens (including phenoxy) is 2. The number of aliphatic hydroxyl groups is 7. The first-order valence-corrected chi connectivity index (χ1v) is 33.6. The van der Waals surface area contributed by atoms with Gasteiger partial charge in [-0.1, -0.05) is 309 Å². The molecule has 0 saturated carbocycles. The van der Waals surface area contributed by atoms with E-state index in [1.165, 1.54) is 244 Å². The second kappa shape index (κ2) is 55.4. The molecule has 11 heteroatoms. The first-order chi connectivity index (χ1) is 37.7. The summed E-state index contributed by atoms with van der Waals surface area (Å²) in [6.07, 6.45) is 55.8. The fourth-order valence-electron chi connectivity index (χ4n) is 11.1. The largest absolute Gasteiger partial charge is 0.394 e. The average molecular weight is 1100 g/mol. The fraction of sp³-hybridized carbons (Fsp3) is 0.955. The van der Waals surface area contributed by atoms with Crippen LogP contribution in [0.4, 0.5) is 0 Å². The Morgan fingerprint density at radius 3 is 1.09 bits per heavy atom. The molecule has 1 aliphatic heterocycles. The van der Waals surface area contributed by atoms with Gasteiger partial charge in [-0.3, -0.25) is 4.79 Å². The minimum absolute atomic E-state index is 0.256. The lowest BCUT2D eigenvalue weighted by Crippen LogP contribution is -2.60. The zero-order chi connectivity index (χ0) is 56.1. The summed E-state index contributed by atoms with van der Waals surface area (Å²) in [5.41, 5.74) is 0. The number of hydrogen-bond donors (Lipinski definition) is 8. The van der Waals surface area contributed by atoms with Gasteiger partial charge in [0.15, 0.2) is 6.29 Å². The minimum Gasteiger partial charge on any atom is -0.394 e. The van der Waals surface area contributed by atoms with Crippen molar-refractivity contribution in [3.8, 4) is 0 Å². The van der Waals surface area contributed by atoms with Crippen molar-refractivity contribution < 1.29 is 50.0 Å². The summed E-state index contributed by atoms with van der Waals surface area (Å²) in [5.74, 6) is -0.696. The fourth-order valence-corrected chi connectivity index (χ4v) is 11.1. The van der Waals surface area contributed by atoms with Crippen LogP contribution in [0.2, 0.25) is 0 Å². The van der Waals surface area contributed by atoms with Gasteiger partial charge in [0.1, 0.15) is 36.6 Å². The molecule has 8 N–H and O–H groups in total. The van der Waals surface area contributed by atoms with Crippen molar-refractivity contribution in [1.82, 2.24) is 5.32 Å². The Hall–Kier alpha value is -1.15. The van der Waals surface area contributed by atoms with E-state index in [0.717, 1.165) is 51.4 Å². The molecule has 1 amide bonds. The molecule has 1 aliphatic rings. The summed E-state index contributed by atoms with van der Waals surface area (Å²) in [4.78, 5) is 13.2. The van der Waals surface area contributed by atoms with Crippen molar-refractivity contribution in [3.05, 3.63) is 12.2 Å². The van der Waals surface area contributed by atoms with Gasteiger partial charge in [0.2, 0.25) is 5.91 Å². The molecule has 1 saturated heterocycles. The second-order valence-electron chi connectivity index (χ2n) is 23.9. The van der Waals surface area contributed by atoms with Crippen LogP contribution < -0.4 is 5.32 Å². The van der Waals surface area contributed by atoms with E-state index in [4.69, 9.17) is 9.47 Å². The number of allylic oxidation sites excluding steroid dienone is 2. The Balaban J connectivity index is 2.18. The van der Waals surface area contributed by atoms with Crippen LogP contribution in [0.3, 0.4) is 0 Å². The maximum Gasteiger partial charge on any atom is 0.249 e. The van der Waals surface area contributed by atoms with Crippen LogP contribution in [0.5, 0.6) is 0 Å². The Bertz CT molecular complexity index is 1260. The summed E-state index contributed by atoms with van der Waals surface area (Å²) < 4.78 is 11.2. The van der Waals surface area contributed by atoms with E-state index in [2.05, 4.69) is 31.3 Å². The van der Waals surface area contributed by atoms with Crippen LogP contribution in [0.1, 0.15) is 335 Å². The third-order valence-electron chi connectivity index (χ3n) is 16.6. The zero-order valence-electron chi connectivity index (χ0n) is 50.5. The number of aliphatic hydroxyl groups excluding tert-OH is 7. The van der Waals surface area contributed by atoms with Crippen LogP contribution in [0.25, 0.3) is 0 Å². The normalized spacial score (nSPS) is 19.5. The molecule has 9 unspecified atom stereocenters. The lowest BCUT2D eigenvalue weighted by atomic mass is 9.98. The van der Waals surface area contributed by atoms with Gasteiger partial charge in [-0.25, -0.2) is 0 Å². The molecule has 458 valence electrons. The molecule has 0 spiro atoms. The molecule has 77 heavy (non-hydrogen) atoms. The molecular formula is C66H129NO10. The van der Waals surface area contributed by atoms with E-state index in [1.807, 2.05) is 0 Å². The third kappa shape index (κ3) is 43.2. The molecule has 1 fully saturated rings. The number of amides is 1. The molecule has 0 aromatic carbocycles. The van der Waals surface area contributed by atoms with Crippen LogP contribution >= 0.6 is 0 Å². The van der Waals surface area contributed by atoms with Gasteiger partial charge in [0.05, 0.1) is 25.4 Å². The van der Waals surface area contributed by atoms with E-state index < -0.39 is 74.2 Å². The van der Waals surface area contributed by atoms with Crippen LogP contribution in [-0.4, -0.2) is 110 Å².